The van der Waals surface area contributed by atoms with Crippen LogP contribution in [0.25, 0.3) is 0 Å². The smallest absolute Gasteiger partial charge is 0.130 e. The Bertz CT molecular complexity index is 326. The Labute approximate surface area is 78.2 Å². The van der Waals surface area contributed by atoms with E-state index in [0.717, 1.165) is 12.1 Å². The molecule has 1 unspecified atom stereocenters. The predicted octanol–water partition coefficient (Wildman–Crippen LogP) is 2.51. The predicted molar refractivity (Wildman–Crippen MR) is 52.9 cm³/mol. The maximum Gasteiger partial charge on any atom is 0.130 e. The molecule has 0 aliphatic carbocycles. The standard InChI is InChI=1S/C11H13NO/c1-8-3-5-10(6-4-8)11-7-9(2)13-12-11/h3-6,9H,7H2,1-2H3. The maximum atomic E-state index is 5.14. The van der Waals surface area contributed by atoms with Crippen LogP contribution in [0, 0.1) is 6.92 Å². The molecule has 1 heterocycles. The molecule has 0 saturated carbocycles. The summed E-state index contributed by atoms with van der Waals surface area (Å²) in [7, 11) is 0. The Morgan fingerprint density at radius 2 is 2.00 bits per heavy atom. The molecule has 0 amide bonds. The molecule has 1 aromatic rings. The van der Waals surface area contributed by atoms with Crippen LogP contribution in [-0.4, -0.2) is 11.8 Å². The molecule has 0 spiro atoms. The minimum absolute atomic E-state index is 0.233. The zero-order valence-electron chi connectivity index (χ0n) is 7.95. The Morgan fingerprint density at radius 3 is 2.54 bits per heavy atom. The van der Waals surface area contributed by atoms with Gasteiger partial charge in [-0.1, -0.05) is 35.0 Å². The van der Waals surface area contributed by atoms with Crippen molar-refractivity contribution in [1.29, 1.82) is 0 Å². The average molecular weight is 175 g/mol. The van der Waals surface area contributed by atoms with Gasteiger partial charge in [-0.25, -0.2) is 0 Å². The van der Waals surface area contributed by atoms with E-state index in [1.165, 1.54) is 11.1 Å². The first-order valence-electron chi connectivity index (χ1n) is 4.55. The van der Waals surface area contributed by atoms with E-state index in [-0.39, 0.29) is 6.10 Å². The number of nitrogens with zero attached hydrogens (tertiary/aromatic N) is 1. The van der Waals surface area contributed by atoms with Crippen LogP contribution in [-0.2, 0) is 4.84 Å². The van der Waals surface area contributed by atoms with Crippen LogP contribution in [0.1, 0.15) is 24.5 Å². The summed E-state index contributed by atoms with van der Waals surface area (Å²) in [5.74, 6) is 0. The summed E-state index contributed by atoms with van der Waals surface area (Å²) in [5.41, 5.74) is 3.51. The van der Waals surface area contributed by atoms with Gasteiger partial charge in [-0.3, -0.25) is 0 Å². The van der Waals surface area contributed by atoms with Crippen molar-refractivity contribution < 1.29 is 4.84 Å². The zero-order valence-corrected chi connectivity index (χ0v) is 7.95. The summed E-state index contributed by atoms with van der Waals surface area (Å²) < 4.78 is 0. The van der Waals surface area contributed by atoms with E-state index in [1.807, 2.05) is 6.92 Å². The molecular formula is C11H13NO. The van der Waals surface area contributed by atoms with E-state index in [4.69, 9.17) is 4.84 Å². The lowest BCUT2D eigenvalue weighted by Crippen LogP contribution is -2.02. The molecular weight excluding hydrogens is 162 g/mol. The highest BCUT2D eigenvalue weighted by molar-refractivity contribution is 6.01. The number of hydrogen-bond donors (Lipinski definition) is 0. The minimum Gasteiger partial charge on any atom is -0.392 e. The highest BCUT2D eigenvalue weighted by Gasteiger charge is 2.16. The van der Waals surface area contributed by atoms with Gasteiger partial charge in [-0.15, -0.1) is 0 Å². The van der Waals surface area contributed by atoms with Crippen molar-refractivity contribution in [3.63, 3.8) is 0 Å². The van der Waals surface area contributed by atoms with Crippen molar-refractivity contribution >= 4 is 5.71 Å². The van der Waals surface area contributed by atoms with E-state index in [1.54, 1.807) is 0 Å². The molecule has 13 heavy (non-hydrogen) atoms. The summed E-state index contributed by atoms with van der Waals surface area (Å²) >= 11 is 0. The summed E-state index contributed by atoms with van der Waals surface area (Å²) in [6.07, 6.45) is 1.15. The molecule has 0 saturated heterocycles. The lowest BCUT2D eigenvalue weighted by molar-refractivity contribution is 0.0995. The third-order valence-electron chi connectivity index (χ3n) is 2.21. The molecule has 0 fully saturated rings. The van der Waals surface area contributed by atoms with Crippen LogP contribution in [0.5, 0.6) is 0 Å². The first-order chi connectivity index (χ1) is 6.25. The normalized spacial score (nSPS) is 21.1. The largest absolute Gasteiger partial charge is 0.392 e. The molecule has 1 atom stereocenters. The van der Waals surface area contributed by atoms with Crippen LogP contribution in [0.15, 0.2) is 29.4 Å². The third-order valence-corrected chi connectivity index (χ3v) is 2.21. The second kappa shape index (κ2) is 3.21. The van der Waals surface area contributed by atoms with Crippen molar-refractivity contribution in [3.8, 4) is 0 Å². The molecule has 0 bridgehead atoms. The van der Waals surface area contributed by atoms with Crippen molar-refractivity contribution in [2.24, 2.45) is 5.16 Å². The fourth-order valence-electron chi connectivity index (χ4n) is 1.42. The molecule has 2 nitrogen and oxygen atoms in total. The van der Waals surface area contributed by atoms with E-state index in [2.05, 4.69) is 36.3 Å². The molecule has 68 valence electrons. The highest BCUT2D eigenvalue weighted by atomic mass is 16.6. The minimum atomic E-state index is 0.233. The SMILES string of the molecule is Cc1ccc(C2=NOC(C)C2)cc1. The molecule has 1 aromatic carbocycles. The number of oxime groups is 1. The summed E-state index contributed by atoms with van der Waals surface area (Å²) in [6.45, 7) is 4.12. The first-order valence-corrected chi connectivity index (χ1v) is 4.55. The average Bonchev–Trinajstić information content (AvgIpc) is 2.53. The van der Waals surface area contributed by atoms with Crippen molar-refractivity contribution in [2.45, 2.75) is 26.4 Å². The molecule has 1 aliphatic heterocycles. The van der Waals surface area contributed by atoms with Gasteiger partial charge in [0.1, 0.15) is 6.10 Å². The number of benzene rings is 1. The molecule has 2 rings (SSSR count). The van der Waals surface area contributed by atoms with Gasteiger partial charge in [0, 0.05) is 6.42 Å². The lowest BCUT2D eigenvalue weighted by atomic mass is 10.0. The topological polar surface area (TPSA) is 21.6 Å². The Balaban J connectivity index is 2.22. The van der Waals surface area contributed by atoms with E-state index < -0.39 is 0 Å². The first kappa shape index (κ1) is 8.30. The summed E-state index contributed by atoms with van der Waals surface area (Å²) in [6, 6.07) is 8.38. The van der Waals surface area contributed by atoms with Crippen molar-refractivity contribution in [2.75, 3.05) is 0 Å². The van der Waals surface area contributed by atoms with E-state index in [9.17, 15) is 0 Å². The summed E-state index contributed by atoms with van der Waals surface area (Å²) in [4.78, 5) is 5.14. The van der Waals surface area contributed by atoms with Crippen LogP contribution in [0.4, 0.5) is 0 Å². The maximum absolute atomic E-state index is 5.14. The second-order valence-electron chi connectivity index (χ2n) is 3.52. The Morgan fingerprint density at radius 1 is 1.31 bits per heavy atom. The van der Waals surface area contributed by atoms with Gasteiger partial charge in [0.2, 0.25) is 0 Å². The van der Waals surface area contributed by atoms with Crippen LogP contribution in [0.3, 0.4) is 0 Å². The molecule has 0 N–H and O–H groups in total. The third kappa shape index (κ3) is 1.72. The van der Waals surface area contributed by atoms with Gasteiger partial charge in [-0.2, -0.15) is 0 Å². The van der Waals surface area contributed by atoms with Gasteiger partial charge in [-0.05, 0) is 19.4 Å². The lowest BCUT2D eigenvalue weighted by Gasteiger charge is -1.99. The molecule has 0 radical (unpaired) electrons. The summed E-state index contributed by atoms with van der Waals surface area (Å²) in [5, 5.41) is 4.03. The molecule has 1 aliphatic rings. The monoisotopic (exact) mass is 175 g/mol. The Hall–Kier alpha value is -1.31. The molecule has 2 heteroatoms. The Kier molecular flexibility index (Phi) is 2.05. The van der Waals surface area contributed by atoms with Gasteiger partial charge < -0.3 is 4.84 Å². The van der Waals surface area contributed by atoms with Crippen LogP contribution < -0.4 is 0 Å². The van der Waals surface area contributed by atoms with E-state index >= 15 is 0 Å². The van der Waals surface area contributed by atoms with Crippen LogP contribution in [0.2, 0.25) is 0 Å². The van der Waals surface area contributed by atoms with Gasteiger partial charge in [0.25, 0.3) is 0 Å². The molecule has 0 aromatic heterocycles. The zero-order chi connectivity index (χ0) is 9.26. The van der Waals surface area contributed by atoms with E-state index in [0.29, 0.717) is 0 Å². The van der Waals surface area contributed by atoms with Gasteiger partial charge in [0.15, 0.2) is 0 Å². The fourth-order valence-corrected chi connectivity index (χ4v) is 1.42. The number of aryl methyl sites for hydroxylation is 1. The van der Waals surface area contributed by atoms with Crippen LogP contribution >= 0.6 is 0 Å². The second-order valence-corrected chi connectivity index (χ2v) is 3.52. The van der Waals surface area contributed by atoms with Gasteiger partial charge in [0.05, 0.1) is 5.71 Å². The number of hydrogen-bond acceptors (Lipinski definition) is 2. The fraction of sp³-hybridized carbons (Fsp3) is 0.364. The number of rotatable bonds is 1. The van der Waals surface area contributed by atoms with Gasteiger partial charge >= 0.3 is 0 Å². The quantitative estimate of drug-likeness (QED) is 0.642. The highest BCUT2D eigenvalue weighted by Crippen LogP contribution is 2.16. The van der Waals surface area contributed by atoms with Crippen molar-refractivity contribution in [1.82, 2.24) is 0 Å². The van der Waals surface area contributed by atoms with Crippen molar-refractivity contribution in [3.05, 3.63) is 35.4 Å².